The second kappa shape index (κ2) is 5.15. The topological polar surface area (TPSA) is 20.3 Å². The monoisotopic (exact) mass is 201 g/mol. The van der Waals surface area contributed by atoms with E-state index in [1.807, 2.05) is 30.3 Å². The van der Waals surface area contributed by atoms with E-state index in [1.165, 1.54) is 0 Å². The number of allylic oxidation sites excluding steroid dienone is 1. The van der Waals surface area contributed by atoms with E-state index in [0.717, 1.165) is 5.69 Å². The van der Waals surface area contributed by atoms with Crippen molar-refractivity contribution in [3.8, 4) is 0 Å². The number of para-hydroxylation sites is 1. The van der Waals surface area contributed by atoms with E-state index in [2.05, 4.69) is 13.2 Å². The first-order chi connectivity index (χ1) is 7.16. The lowest BCUT2D eigenvalue weighted by molar-refractivity contribution is -0.114. The van der Waals surface area contributed by atoms with Gasteiger partial charge < -0.3 is 4.90 Å². The smallest absolute Gasteiger partial charge is 0.253 e. The zero-order chi connectivity index (χ0) is 11.3. The summed E-state index contributed by atoms with van der Waals surface area (Å²) in [6, 6.07) is 9.49. The van der Waals surface area contributed by atoms with E-state index in [1.54, 1.807) is 18.0 Å². The van der Waals surface area contributed by atoms with Crippen molar-refractivity contribution in [2.24, 2.45) is 0 Å². The number of likely N-dealkylation sites (N-methyl/N-ethyl adjacent to an activating group) is 1. The van der Waals surface area contributed by atoms with E-state index < -0.39 is 0 Å². The Bertz CT molecular complexity index is 367. The molecule has 0 unspecified atom stereocenters. The van der Waals surface area contributed by atoms with Gasteiger partial charge in [-0.05, 0) is 18.6 Å². The number of carbonyl (C=O) groups is 1. The van der Waals surface area contributed by atoms with Gasteiger partial charge in [0, 0.05) is 18.3 Å². The highest BCUT2D eigenvalue weighted by Gasteiger charge is 2.12. The molecule has 0 atom stereocenters. The van der Waals surface area contributed by atoms with Crippen molar-refractivity contribution in [1.82, 2.24) is 0 Å². The van der Waals surface area contributed by atoms with Crippen LogP contribution in [0, 0.1) is 0 Å². The first kappa shape index (κ1) is 11.2. The van der Waals surface area contributed by atoms with Crippen molar-refractivity contribution < 1.29 is 4.79 Å². The van der Waals surface area contributed by atoms with Crippen LogP contribution in [0.25, 0.3) is 0 Å². The Hall–Kier alpha value is -1.83. The van der Waals surface area contributed by atoms with Crippen LogP contribution in [0.1, 0.15) is 6.42 Å². The maximum Gasteiger partial charge on any atom is 0.253 e. The zero-order valence-electron chi connectivity index (χ0n) is 8.94. The summed E-state index contributed by atoms with van der Waals surface area (Å²) in [5.74, 6) is -0.0684. The Morgan fingerprint density at radius 1 is 1.40 bits per heavy atom. The lowest BCUT2D eigenvalue weighted by Crippen LogP contribution is -2.27. The fourth-order valence-electron chi connectivity index (χ4n) is 1.27. The average Bonchev–Trinajstić information content (AvgIpc) is 2.28. The molecular formula is C13H15NO. The molecule has 2 nitrogen and oxygen atoms in total. The van der Waals surface area contributed by atoms with E-state index in [0.29, 0.717) is 12.0 Å². The summed E-state index contributed by atoms with van der Waals surface area (Å²) < 4.78 is 0. The second-order valence-corrected chi connectivity index (χ2v) is 3.30. The summed E-state index contributed by atoms with van der Waals surface area (Å²) in [6.45, 7) is 7.31. The minimum Gasteiger partial charge on any atom is -0.312 e. The average molecular weight is 201 g/mol. The van der Waals surface area contributed by atoms with Crippen LogP contribution in [0.4, 0.5) is 5.69 Å². The Kier molecular flexibility index (Phi) is 3.86. The molecule has 0 aromatic heterocycles. The molecule has 78 valence electrons. The van der Waals surface area contributed by atoms with Crippen LogP contribution in [-0.2, 0) is 4.79 Å². The van der Waals surface area contributed by atoms with Gasteiger partial charge in [0.25, 0.3) is 5.91 Å². The summed E-state index contributed by atoms with van der Waals surface area (Å²) in [6.07, 6.45) is 2.20. The summed E-state index contributed by atoms with van der Waals surface area (Å²) in [7, 11) is 1.74. The van der Waals surface area contributed by atoms with Gasteiger partial charge >= 0.3 is 0 Å². The van der Waals surface area contributed by atoms with Crippen LogP contribution in [0.2, 0.25) is 0 Å². The van der Waals surface area contributed by atoms with Crippen molar-refractivity contribution in [3.05, 3.63) is 55.1 Å². The number of benzene rings is 1. The van der Waals surface area contributed by atoms with Gasteiger partial charge in [-0.3, -0.25) is 4.79 Å². The molecule has 0 fully saturated rings. The third-order valence-electron chi connectivity index (χ3n) is 2.14. The van der Waals surface area contributed by atoms with Crippen LogP contribution in [0.5, 0.6) is 0 Å². The van der Waals surface area contributed by atoms with Crippen LogP contribution in [-0.4, -0.2) is 13.0 Å². The Balaban J connectivity index is 2.77. The summed E-state index contributed by atoms with van der Waals surface area (Å²) in [5, 5.41) is 0. The van der Waals surface area contributed by atoms with Crippen LogP contribution in [0.3, 0.4) is 0 Å². The molecule has 1 aromatic rings. The highest BCUT2D eigenvalue weighted by Crippen LogP contribution is 2.14. The van der Waals surface area contributed by atoms with Crippen LogP contribution < -0.4 is 4.90 Å². The Labute approximate surface area is 90.5 Å². The molecule has 0 saturated carbocycles. The fraction of sp³-hybridized carbons (Fsp3) is 0.154. The molecule has 0 saturated heterocycles. The highest BCUT2D eigenvalue weighted by molar-refractivity contribution is 6.04. The predicted molar refractivity (Wildman–Crippen MR) is 63.8 cm³/mol. The van der Waals surface area contributed by atoms with Gasteiger partial charge in [-0.25, -0.2) is 0 Å². The number of hydrogen-bond donors (Lipinski definition) is 0. The van der Waals surface area contributed by atoms with Gasteiger partial charge in [0.15, 0.2) is 0 Å². The van der Waals surface area contributed by atoms with Crippen molar-refractivity contribution in [2.75, 3.05) is 11.9 Å². The molecule has 2 heteroatoms. The largest absolute Gasteiger partial charge is 0.312 e. The minimum atomic E-state index is -0.0684. The molecule has 0 aliphatic carbocycles. The Morgan fingerprint density at radius 2 is 2.00 bits per heavy atom. The normalized spacial score (nSPS) is 9.40. The number of rotatable bonds is 4. The molecule has 0 radical (unpaired) electrons. The third-order valence-corrected chi connectivity index (χ3v) is 2.14. The number of hydrogen-bond acceptors (Lipinski definition) is 1. The van der Waals surface area contributed by atoms with Gasteiger partial charge in [-0.1, -0.05) is 30.9 Å². The van der Waals surface area contributed by atoms with Crippen molar-refractivity contribution in [2.45, 2.75) is 6.42 Å². The fourth-order valence-corrected chi connectivity index (χ4v) is 1.27. The molecule has 0 heterocycles. The molecule has 0 bridgehead atoms. The lowest BCUT2D eigenvalue weighted by Gasteiger charge is -2.17. The maximum absolute atomic E-state index is 11.8. The summed E-state index contributed by atoms with van der Waals surface area (Å²) >= 11 is 0. The van der Waals surface area contributed by atoms with Gasteiger partial charge in [0.1, 0.15) is 0 Å². The molecule has 1 aromatic carbocycles. The number of nitrogens with zero attached hydrogens (tertiary/aromatic N) is 1. The lowest BCUT2D eigenvalue weighted by atomic mass is 10.2. The van der Waals surface area contributed by atoms with Gasteiger partial charge in [-0.15, -0.1) is 6.58 Å². The van der Waals surface area contributed by atoms with E-state index in [4.69, 9.17) is 0 Å². The molecular weight excluding hydrogens is 186 g/mol. The van der Waals surface area contributed by atoms with Gasteiger partial charge in [0.05, 0.1) is 0 Å². The zero-order valence-corrected chi connectivity index (χ0v) is 8.94. The quantitative estimate of drug-likeness (QED) is 0.542. The molecule has 0 aliphatic heterocycles. The molecule has 1 rings (SSSR count). The summed E-state index contributed by atoms with van der Waals surface area (Å²) in [4.78, 5) is 13.4. The van der Waals surface area contributed by atoms with Crippen molar-refractivity contribution >= 4 is 11.6 Å². The maximum atomic E-state index is 11.8. The van der Waals surface area contributed by atoms with Gasteiger partial charge in [0.2, 0.25) is 0 Å². The molecule has 15 heavy (non-hydrogen) atoms. The molecule has 0 spiro atoms. The predicted octanol–water partition coefficient (Wildman–Crippen LogP) is 2.78. The van der Waals surface area contributed by atoms with E-state index >= 15 is 0 Å². The number of amides is 1. The molecule has 0 aliphatic rings. The van der Waals surface area contributed by atoms with Crippen LogP contribution >= 0.6 is 0 Å². The summed E-state index contributed by atoms with van der Waals surface area (Å²) in [5.41, 5.74) is 1.42. The number of carbonyl (C=O) groups excluding carboxylic acids is 1. The van der Waals surface area contributed by atoms with E-state index in [9.17, 15) is 4.79 Å². The highest BCUT2D eigenvalue weighted by atomic mass is 16.2. The third kappa shape index (κ3) is 2.81. The van der Waals surface area contributed by atoms with Crippen molar-refractivity contribution in [3.63, 3.8) is 0 Å². The van der Waals surface area contributed by atoms with Crippen LogP contribution in [0.15, 0.2) is 55.1 Å². The number of anilines is 1. The van der Waals surface area contributed by atoms with Gasteiger partial charge in [-0.2, -0.15) is 0 Å². The van der Waals surface area contributed by atoms with Crippen molar-refractivity contribution in [1.29, 1.82) is 0 Å². The molecule has 0 N–H and O–H groups in total. The SMILES string of the molecule is C=CCC(=C)C(=O)N(C)c1ccccc1. The second-order valence-electron chi connectivity index (χ2n) is 3.30. The minimum absolute atomic E-state index is 0.0684. The first-order valence-electron chi connectivity index (χ1n) is 4.78. The first-order valence-corrected chi connectivity index (χ1v) is 4.78. The Morgan fingerprint density at radius 3 is 2.53 bits per heavy atom. The standard InChI is InChI=1S/C13H15NO/c1-4-8-11(2)13(15)14(3)12-9-6-5-7-10-12/h4-7,9-10H,1-2,8H2,3H3. The molecule has 1 amide bonds. The van der Waals surface area contributed by atoms with E-state index in [-0.39, 0.29) is 5.91 Å².